The summed E-state index contributed by atoms with van der Waals surface area (Å²) in [5, 5.41) is 24.1. The highest BCUT2D eigenvalue weighted by Crippen LogP contribution is 2.08. The molecule has 1 aromatic rings. The molecule has 1 heterocycles. The first-order chi connectivity index (χ1) is 5.38. The third-order valence-corrected chi connectivity index (χ3v) is 1.95. The molecule has 0 aromatic carbocycles. The van der Waals surface area contributed by atoms with Crippen molar-refractivity contribution in [2.45, 2.75) is 0 Å². The normalized spacial score (nSPS) is 12.5. The Kier molecular flexibility index (Phi) is 2.62. The van der Waals surface area contributed by atoms with Gasteiger partial charge in [0.25, 0.3) is 0 Å². The summed E-state index contributed by atoms with van der Waals surface area (Å²) in [4.78, 5) is 0.755. The topological polar surface area (TPSA) is 65.2 Å². The van der Waals surface area contributed by atoms with Crippen LogP contribution in [0.25, 0.3) is 0 Å². The number of nitrogens with zero attached hydrogens (tertiary/aromatic N) is 2. The van der Waals surface area contributed by atoms with Gasteiger partial charge in [0.2, 0.25) is 0 Å². The minimum atomic E-state index is 0.252. The van der Waals surface area contributed by atoms with Crippen LogP contribution in [0.15, 0.2) is 27.8 Å². The van der Waals surface area contributed by atoms with E-state index >= 15 is 0 Å². The summed E-state index contributed by atoms with van der Waals surface area (Å²) in [5.74, 6) is 0. The molecule has 0 aliphatic rings. The Hall–Kier alpha value is -1.36. The number of oxime groups is 2. The largest absolute Gasteiger partial charge is 0.411 e. The first-order valence-electron chi connectivity index (χ1n) is 2.82. The van der Waals surface area contributed by atoms with Crippen molar-refractivity contribution < 1.29 is 10.4 Å². The highest BCUT2D eigenvalue weighted by molar-refractivity contribution is 7.12. The first-order valence-corrected chi connectivity index (χ1v) is 3.70. The third-order valence-electron chi connectivity index (χ3n) is 1.06. The Balaban J connectivity index is 2.89. The van der Waals surface area contributed by atoms with Crippen LogP contribution in [0.1, 0.15) is 4.88 Å². The van der Waals surface area contributed by atoms with E-state index in [1.165, 1.54) is 11.3 Å². The zero-order valence-electron chi connectivity index (χ0n) is 5.51. The molecule has 0 amide bonds. The SMILES string of the molecule is O/N=C/C(=N\O)c1cccs1. The lowest BCUT2D eigenvalue weighted by atomic mass is 10.3. The van der Waals surface area contributed by atoms with Crippen molar-refractivity contribution in [3.63, 3.8) is 0 Å². The van der Waals surface area contributed by atoms with E-state index in [-0.39, 0.29) is 5.71 Å². The summed E-state index contributed by atoms with van der Waals surface area (Å²) in [6, 6.07) is 3.58. The van der Waals surface area contributed by atoms with Gasteiger partial charge < -0.3 is 10.4 Å². The Morgan fingerprint density at radius 3 is 2.82 bits per heavy atom. The van der Waals surface area contributed by atoms with Gasteiger partial charge in [0.05, 0.1) is 11.1 Å². The minimum absolute atomic E-state index is 0.252. The van der Waals surface area contributed by atoms with Crippen molar-refractivity contribution >= 4 is 23.3 Å². The summed E-state index contributed by atoms with van der Waals surface area (Å²) in [7, 11) is 0. The van der Waals surface area contributed by atoms with Gasteiger partial charge in [-0.25, -0.2) is 0 Å². The number of hydrogen-bond donors (Lipinski definition) is 2. The van der Waals surface area contributed by atoms with Crippen LogP contribution in [0.3, 0.4) is 0 Å². The predicted octanol–water partition coefficient (Wildman–Crippen LogP) is 1.39. The fraction of sp³-hybridized carbons (Fsp3) is 0. The van der Waals surface area contributed by atoms with Crippen molar-refractivity contribution in [1.82, 2.24) is 0 Å². The average Bonchev–Trinajstić information content (AvgIpc) is 2.52. The molecule has 11 heavy (non-hydrogen) atoms. The lowest BCUT2D eigenvalue weighted by molar-refractivity contribution is 0.316. The molecule has 0 saturated heterocycles. The van der Waals surface area contributed by atoms with E-state index < -0.39 is 0 Å². The van der Waals surface area contributed by atoms with Crippen LogP contribution in [0.5, 0.6) is 0 Å². The van der Waals surface area contributed by atoms with Gasteiger partial charge in [-0.3, -0.25) is 0 Å². The molecule has 0 fully saturated rings. The van der Waals surface area contributed by atoms with Crippen LogP contribution in [-0.4, -0.2) is 22.3 Å². The molecule has 5 heteroatoms. The van der Waals surface area contributed by atoms with Gasteiger partial charge in [-0.05, 0) is 11.4 Å². The minimum Gasteiger partial charge on any atom is -0.411 e. The highest BCUT2D eigenvalue weighted by Gasteiger charge is 2.00. The Bertz CT molecular complexity index is 266. The molecule has 0 spiro atoms. The standard InChI is InChI=1S/C6H6N2O2S/c9-7-4-5(8-10)6-2-1-3-11-6/h1-4,9-10H/b7-4+,8-5+. The fourth-order valence-electron chi connectivity index (χ4n) is 0.618. The molecule has 0 radical (unpaired) electrons. The van der Waals surface area contributed by atoms with Crippen molar-refractivity contribution in [3.05, 3.63) is 22.4 Å². The van der Waals surface area contributed by atoms with Crippen LogP contribution in [0, 0.1) is 0 Å². The summed E-state index contributed by atoms with van der Waals surface area (Å²) < 4.78 is 0. The van der Waals surface area contributed by atoms with Gasteiger partial charge in [0.1, 0.15) is 5.71 Å². The Morgan fingerprint density at radius 2 is 2.36 bits per heavy atom. The third kappa shape index (κ3) is 1.78. The lowest BCUT2D eigenvalue weighted by Gasteiger charge is -1.88. The van der Waals surface area contributed by atoms with E-state index in [4.69, 9.17) is 10.4 Å². The fourth-order valence-corrected chi connectivity index (χ4v) is 1.29. The van der Waals surface area contributed by atoms with Gasteiger partial charge in [-0.1, -0.05) is 16.4 Å². The van der Waals surface area contributed by atoms with Crippen molar-refractivity contribution in [2.75, 3.05) is 0 Å². The average molecular weight is 170 g/mol. The van der Waals surface area contributed by atoms with Crippen molar-refractivity contribution in [2.24, 2.45) is 10.3 Å². The molecule has 2 N–H and O–H groups in total. The quantitative estimate of drug-likeness (QED) is 0.400. The maximum atomic E-state index is 8.42. The highest BCUT2D eigenvalue weighted by atomic mass is 32.1. The van der Waals surface area contributed by atoms with E-state index in [0.717, 1.165) is 11.1 Å². The van der Waals surface area contributed by atoms with Gasteiger partial charge in [-0.15, -0.1) is 11.3 Å². The van der Waals surface area contributed by atoms with E-state index in [2.05, 4.69) is 10.3 Å². The van der Waals surface area contributed by atoms with Crippen LogP contribution < -0.4 is 0 Å². The molecule has 0 aliphatic heterocycles. The van der Waals surface area contributed by atoms with E-state index in [1.54, 1.807) is 6.07 Å². The number of rotatable bonds is 2. The molecule has 0 saturated carbocycles. The molecule has 0 unspecified atom stereocenters. The maximum absolute atomic E-state index is 8.42. The van der Waals surface area contributed by atoms with E-state index in [1.807, 2.05) is 11.4 Å². The maximum Gasteiger partial charge on any atom is 0.141 e. The number of thiophene rings is 1. The Morgan fingerprint density at radius 1 is 1.55 bits per heavy atom. The molecule has 4 nitrogen and oxygen atoms in total. The molecule has 0 atom stereocenters. The van der Waals surface area contributed by atoms with Gasteiger partial charge >= 0.3 is 0 Å². The number of hydrogen-bond acceptors (Lipinski definition) is 5. The second-order valence-electron chi connectivity index (χ2n) is 1.71. The second-order valence-corrected chi connectivity index (χ2v) is 2.65. The van der Waals surface area contributed by atoms with Crippen molar-refractivity contribution in [1.29, 1.82) is 0 Å². The zero-order chi connectivity index (χ0) is 8.10. The zero-order valence-corrected chi connectivity index (χ0v) is 6.32. The lowest BCUT2D eigenvalue weighted by Crippen LogP contribution is -1.98. The molecule has 0 bridgehead atoms. The molecule has 1 aromatic heterocycles. The van der Waals surface area contributed by atoms with E-state index in [0.29, 0.717) is 0 Å². The Labute approximate surface area is 67.1 Å². The van der Waals surface area contributed by atoms with Crippen LogP contribution >= 0.6 is 11.3 Å². The van der Waals surface area contributed by atoms with E-state index in [9.17, 15) is 0 Å². The summed E-state index contributed by atoms with van der Waals surface area (Å²) in [5.41, 5.74) is 0.252. The molecular weight excluding hydrogens is 164 g/mol. The molecule has 1 rings (SSSR count). The van der Waals surface area contributed by atoms with Gasteiger partial charge in [-0.2, -0.15) is 0 Å². The summed E-state index contributed by atoms with van der Waals surface area (Å²) >= 11 is 1.40. The molecular formula is C6H6N2O2S. The van der Waals surface area contributed by atoms with Crippen LogP contribution in [0.4, 0.5) is 0 Å². The van der Waals surface area contributed by atoms with Crippen LogP contribution in [0.2, 0.25) is 0 Å². The van der Waals surface area contributed by atoms with Gasteiger partial charge in [0, 0.05) is 0 Å². The van der Waals surface area contributed by atoms with Gasteiger partial charge in [0.15, 0.2) is 0 Å². The summed E-state index contributed by atoms with van der Waals surface area (Å²) in [6.45, 7) is 0. The van der Waals surface area contributed by atoms with Crippen molar-refractivity contribution in [3.8, 4) is 0 Å². The molecule has 0 aliphatic carbocycles. The second kappa shape index (κ2) is 3.72. The predicted molar refractivity (Wildman–Crippen MR) is 42.9 cm³/mol. The molecule has 58 valence electrons. The first kappa shape index (κ1) is 7.74. The monoisotopic (exact) mass is 170 g/mol. The summed E-state index contributed by atoms with van der Waals surface area (Å²) in [6.07, 6.45) is 1.08. The smallest absolute Gasteiger partial charge is 0.141 e. The van der Waals surface area contributed by atoms with Crippen LogP contribution in [-0.2, 0) is 0 Å².